The van der Waals surface area contributed by atoms with Crippen LogP contribution in [0, 0.1) is 0 Å². The molecule has 0 bridgehead atoms. The van der Waals surface area contributed by atoms with Crippen molar-refractivity contribution in [3.63, 3.8) is 0 Å². The third kappa shape index (κ3) is 12.3. The molecule has 21 nitrogen and oxygen atoms in total. The van der Waals surface area contributed by atoms with Crippen LogP contribution in [0.5, 0.6) is 17.2 Å². The van der Waals surface area contributed by atoms with Gasteiger partial charge in [0, 0.05) is 86.7 Å². The molecule has 2 N–H and O–H groups in total. The fourth-order valence-electron chi connectivity index (χ4n) is 6.53. The smallest absolute Gasteiger partial charge is 0.463 e. The number of halogens is 1. The Balaban J connectivity index is 1.52. The number of nitrogens with one attached hydrogen (secondary N) is 2. The van der Waals surface area contributed by atoms with Crippen molar-refractivity contribution in [1.82, 2.24) is 5.32 Å². The summed E-state index contributed by atoms with van der Waals surface area (Å²) in [6.45, 7) is 4.37. The number of anilines is 1. The van der Waals surface area contributed by atoms with Crippen LogP contribution in [0.4, 0.5) is 5.69 Å². The molecule has 3 aromatic carbocycles. The van der Waals surface area contributed by atoms with Crippen molar-refractivity contribution in [2.24, 2.45) is 5.11 Å². The molecule has 2 heterocycles. The Morgan fingerprint density at radius 1 is 0.869 bits per heavy atom. The molecule has 0 saturated carbocycles. The Morgan fingerprint density at radius 3 is 2.21 bits per heavy atom. The number of benzene rings is 3. The van der Waals surface area contributed by atoms with Crippen LogP contribution in [0.3, 0.4) is 0 Å². The van der Waals surface area contributed by atoms with Gasteiger partial charge in [-0.1, -0.05) is 29.4 Å². The van der Waals surface area contributed by atoms with Crippen molar-refractivity contribution in [3.8, 4) is 17.2 Å². The second kappa shape index (κ2) is 21.0. The number of hydrogen-bond acceptors (Lipinski definition) is 18. The molecule has 2 aliphatic heterocycles. The SMILES string of the molecule is CC(=O)OC[C@H]1O[C@@H](Oc2ccc(C(=O)NCCOCCN=[N+]=[N-])cc2OS(=O)(=O)Oc2cc3c(c4ccccc24)[C@H](CCl)CN3)[C@H](OC(C)=O)[C@@H](OC(C)=O)[C@H]1OC(C)=O. The van der Waals surface area contributed by atoms with Crippen molar-refractivity contribution in [1.29, 1.82) is 0 Å². The van der Waals surface area contributed by atoms with E-state index < -0.39 is 89.0 Å². The van der Waals surface area contributed by atoms with Gasteiger partial charge in [0.1, 0.15) is 12.7 Å². The van der Waals surface area contributed by atoms with Gasteiger partial charge in [0.25, 0.3) is 5.91 Å². The molecule has 328 valence electrons. The third-order valence-corrected chi connectivity index (χ3v) is 10.0. The average Bonchev–Trinajstić information content (AvgIpc) is 3.62. The summed E-state index contributed by atoms with van der Waals surface area (Å²) in [5, 5.41) is 10.3. The number of rotatable bonds is 19. The Morgan fingerprint density at radius 2 is 1.54 bits per heavy atom. The van der Waals surface area contributed by atoms with Crippen LogP contribution >= 0.6 is 11.6 Å². The zero-order valence-corrected chi connectivity index (χ0v) is 34.8. The predicted molar refractivity (Wildman–Crippen MR) is 212 cm³/mol. The summed E-state index contributed by atoms with van der Waals surface area (Å²) in [4.78, 5) is 64.7. The van der Waals surface area contributed by atoms with Gasteiger partial charge in [0.15, 0.2) is 29.5 Å². The van der Waals surface area contributed by atoms with Crippen molar-refractivity contribution in [2.45, 2.75) is 64.3 Å². The minimum atomic E-state index is -5.09. The summed E-state index contributed by atoms with van der Waals surface area (Å²) in [5.41, 5.74) is 9.77. The highest BCUT2D eigenvalue weighted by Gasteiger charge is 2.53. The van der Waals surface area contributed by atoms with E-state index in [9.17, 15) is 32.4 Å². The number of amides is 1. The van der Waals surface area contributed by atoms with Crippen molar-refractivity contribution in [3.05, 3.63) is 70.1 Å². The predicted octanol–water partition coefficient (Wildman–Crippen LogP) is 3.81. The van der Waals surface area contributed by atoms with Crippen LogP contribution in [0.15, 0.2) is 53.6 Å². The Hall–Kier alpha value is -6.06. The lowest BCUT2D eigenvalue weighted by Gasteiger charge is -2.43. The van der Waals surface area contributed by atoms with Gasteiger partial charge in [-0.05, 0) is 34.7 Å². The third-order valence-electron chi connectivity index (χ3n) is 8.89. The maximum Gasteiger partial charge on any atom is 0.501 e. The maximum absolute atomic E-state index is 13.9. The van der Waals surface area contributed by atoms with E-state index >= 15 is 0 Å². The molecule has 0 unspecified atom stereocenters. The topological polar surface area (TPSA) is 275 Å². The second-order valence-electron chi connectivity index (χ2n) is 13.4. The lowest BCUT2D eigenvalue weighted by Crippen LogP contribution is -2.63. The number of carbonyl (C=O) groups is 5. The average molecular weight is 892 g/mol. The molecule has 0 aromatic heterocycles. The first kappa shape index (κ1) is 46.0. The molecule has 1 fully saturated rings. The van der Waals surface area contributed by atoms with Gasteiger partial charge < -0.3 is 52.2 Å². The molecular weight excluding hydrogens is 850 g/mol. The number of hydrogen-bond donors (Lipinski definition) is 2. The maximum atomic E-state index is 13.9. The quantitative estimate of drug-likeness (QED) is 0.0329. The van der Waals surface area contributed by atoms with Gasteiger partial charge in [-0.15, -0.1) is 20.0 Å². The van der Waals surface area contributed by atoms with E-state index in [1.54, 1.807) is 24.3 Å². The van der Waals surface area contributed by atoms with Crippen molar-refractivity contribution in [2.75, 3.05) is 50.7 Å². The molecule has 3 aromatic rings. The molecule has 0 aliphatic carbocycles. The van der Waals surface area contributed by atoms with Gasteiger partial charge in [0.2, 0.25) is 12.4 Å². The fraction of sp³-hybridized carbons (Fsp3) is 0.447. The molecule has 0 spiro atoms. The minimum Gasteiger partial charge on any atom is -0.463 e. The van der Waals surface area contributed by atoms with Gasteiger partial charge in [0.05, 0.1) is 13.2 Å². The van der Waals surface area contributed by atoms with Crippen LogP contribution in [0.2, 0.25) is 0 Å². The Bertz CT molecular complexity index is 2290. The van der Waals surface area contributed by atoms with Crippen LogP contribution in [-0.4, -0.2) is 114 Å². The highest BCUT2D eigenvalue weighted by Crippen LogP contribution is 2.43. The lowest BCUT2D eigenvalue weighted by atomic mass is 9.95. The first-order chi connectivity index (χ1) is 29.1. The van der Waals surface area contributed by atoms with E-state index in [1.165, 1.54) is 12.1 Å². The number of azide groups is 1. The molecule has 23 heteroatoms. The second-order valence-corrected chi connectivity index (χ2v) is 14.8. The number of fused-ring (bicyclic) bond motifs is 3. The molecule has 6 atom stereocenters. The minimum absolute atomic E-state index is 0.000291. The molecule has 61 heavy (non-hydrogen) atoms. The molecule has 0 radical (unpaired) electrons. The van der Waals surface area contributed by atoms with Crippen LogP contribution in [-0.2, 0) is 58.0 Å². The summed E-state index contributed by atoms with van der Waals surface area (Å²) >= 11 is 6.24. The number of esters is 4. The summed E-state index contributed by atoms with van der Waals surface area (Å²) in [6, 6.07) is 11.8. The first-order valence-corrected chi connectivity index (χ1v) is 20.4. The van der Waals surface area contributed by atoms with Gasteiger partial charge in [-0.3, -0.25) is 24.0 Å². The molecule has 1 amide bonds. The van der Waals surface area contributed by atoms with E-state index in [2.05, 4.69) is 20.7 Å². The molecule has 2 aliphatic rings. The van der Waals surface area contributed by atoms with Gasteiger partial charge in [-0.2, -0.15) is 0 Å². The van der Waals surface area contributed by atoms with E-state index in [1.807, 2.05) is 0 Å². The van der Waals surface area contributed by atoms with E-state index in [4.69, 9.17) is 58.7 Å². The lowest BCUT2D eigenvalue weighted by molar-refractivity contribution is -0.288. The number of alkyl halides is 1. The Labute approximate surface area is 354 Å². The van der Waals surface area contributed by atoms with Gasteiger partial charge in [-0.25, -0.2) is 0 Å². The number of carbonyl (C=O) groups excluding carboxylic acids is 5. The zero-order valence-electron chi connectivity index (χ0n) is 33.2. The van der Waals surface area contributed by atoms with Crippen LogP contribution in [0.25, 0.3) is 21.2 Å². The number of nitrogens with zero attached hydrogens (tertiary/aromatic N) is 3. The molecule has 5 rings (SSSR count). The normalized spacial score (nSPS) is 20.5. The first-order valence-electron chi connectivity index (χ1n) is 18.6. The summed E-state index contributed by atoms with van der Waals surface area (Å²) in [7, 11) is -5.09. The van der Waals surface area contributed by atoms with E-state index in [0.29, 0.717) is 28.9 Å². The van der Waals surface area contributed by atoms with Crippen molar-refractivity contribution < 1.29 is 73.9 Å². The number of ether oxygens (including phenoxy) is 7. The zero-order chi connectivity index (χ0) is 44.3. The highest BCUT2D eigenvalue weighted by molar-refractivity contribution is 7.82. The summed E-state index contributed by atoms with van der Waals surface area (Å²) in [6.07, 6.45) is -8.07. The Kier molecular flexibility index (Phi) is 15.8. The summed E-state index contributed by atoms with van der Waals surface area (Å²) in [5.74, 6) is -5.06. The molecule has 1 saturated heterocycles. The largest absolute Gasteiger partial charge is 0.501 e. The summed E-state index contributed by atoms with van der Waals surface area (Å²) < 4.78 is 77.7. The monoisotopic (exact) mass is 891 g/mol. The van der Waals surface area contributed by atoms with E-state index in [-0.39, 0.29) is 43.5 Å². The van der Waals surface area contributed by atoms with Crippen LogP contribution < -0.4 is 23.7 Å². The van der Waals surface area contributed by atoms with E-state index in [0.717, 1.165) is 45.4 Å². The van der Waals surface area contributed by atoms with Gasteiger partial charge >= 0.3 is 34.3 Å². The molecular formula is C38H42ClN5O16S. The van der Waals surface area contributed by atoms with Crippen molar-refractivity contribution >= 4 is 68.2 Å². The fourth-order valence-corrected chi connectivity index (χ4v) is 7.54. The highest BCUT2D eigenvalue weighted by atomic mass is 35.5. The standard InChI is InChI=1S/C38H42ClN5O16S/c1-20(45)53-19-32-34(54-21(2)46)35(55-22(3)47)36(56-23(4)48)38(58-32)57-29-10-9-24(37(49)41-11-13-52-14-12-43-44-40)15-31(29)60-61(50,51)59-30-16-28-33(25(17-39)18-42-28)27-8-6-5-7-26(27)30/h5-10,15-16,25,32,34-36,38,42H,11-14,17-19H2,1-4H3,(H,41,49)/t25-,32-,34+,35+,36-,38-/m1/s1. The van der Waals surface area contributed by atoms with Crippen LogP contribution in [0.1, 0.15) is 49.5 Å².